The van der Waals surface area contributed by atoms with E-state index in [1.807, 2.05) is 30.3 Å². The van der Waals surface area contributed by atoms with Crippen LogP contribution in [-0.2, 0) is 9.84 Å². The van der Waals surface area contributed by atoms with Crippen molar-refractivity contribution in [1.29, 1.82) is 0 Å². The number of anilines is 1. The standard InChI is InChI=1S/C18H13F3N2O4S2/c1-27-14-8-7-12(29(25,26)18(19,20)21)9-13(14)23-16(24)15-10-22-17(28-15)11-5-3-2-4-6-11/h2-10H,1H3,(H,23,24). The summed E-state index contributed by atoms with van der Waals surface area (Å²) in [6.45, 7) is 0. The summed E-state index contributed by atoms with van der Waals surface area (Å²) >= 11 is 1.08. The Morgan fingerprint density at radius 1 is 1.14 bits per heavy atom. The van der Waals surface area contributed by atoms with Gasteiger partial charge in [0.1, 0.15) is 15.6 Å². The van der Waals surface area contributed by atoms with Crippen LogP contribution in [0.1, 0.15) is 9.67 Å². The number of nitrogens with zero attached hydrogens (tertiary/aromatic N) is 1. The highest BCUT2D eigenvalue weighted by Crippen LogP contribution is 2.35. The lowest BCUT2D eigenvalue weighted by Crippen LogP contribution is -2.23. The highest BCUT2D eigenvalue weighted by Gasteiger charge is 2.47. The maximum Gasteiger partial charge on any atom is 0.501 e. The van der Waals surface area contributed by atoms with Crippen LogP contribution in [-0.4, -0.2) is 31.9 Å². The van der Waals surface area contributed by atoms with E-state index in [2.05, 4.69) is 10.3 Å². The first-order valence-corrected chi connectivity index (χ1v) is 10.3. The summed E-state index contributed by atoms with van der Waals surface area (Å²) < 4.78 is 66.7. The molecule has 1 heterocycles. The minimum absolute atomic E-state index is 0.00673. The van der Waals surface area contributed by atoms with Gasteiger partial charge in [-0.2, -0.15) is 13.2 Å². The fourth-order valence-corrected chi connectivity index (χ4v) is 3.97. The van der Waals surface area contributed by atoms with Crippen LogP contribution in [0.4, 0.5) is 18.9 Å². The van der Waals surface area contributed by atoms with Gasteiger partial charge >= 0.3 is 5.51 Å². The number of alkyl halides is 3. The van der Waals surface area contributed by atoms with Crippen LogP contribution in [0.5, 0.6) is 5.75 Å². The predicted molar refractivity (Wildman–Crippen MR) is 102 cm³/mol. The third-order valence-corrected chi connectivity index (χ3v) is 6.31. The molecule has 3 rings (SSSR count). The number of aromatic nitrogens is 1. The van der Waals surface area contributed by atoms with E-state index in [0.29, 0.717) is 11.1 Å². The van der Waals surface area contributed by atoms with Crippen molar-refractivity contribution in [3.8, 4) is 16.3 Å². The minimum Gasteiger partial charge on any atom is -0.495 e. The molecule has 1 N–H and O–H groups in total. The molecular formula is C18H13F3N2O4S2. The largest absolute Gasteiger partial charge is 0.501 e. The lowest BCUT2D eigenvalue weighted by molar-refractivity contribution is -0.0436. The zero-order valence-corrected chi connectivity index (χ0v) is 16.4. The summed E-state index contributed by atoms with van der Waals surface area (Å²) in [6.07, 6.45) is 1.32. The first-order chi connectivity index (χ1) is 13.6. The number of sulfone groups is 1. The average Bonchev–Trinajstić information content (AvgIpc) is 3.18. The van der Waals surface area contributed by atoms with Crippen molar-refractivity contribution >= 4 is 32.8 Å². The van der Waals surface area contributed by atoms with E-state index >= 15 is 0 Å². The fraction of sp³-hybridized carbons (Fsp3) is 0.111. The van der Waals surface area contributed by atoms with Crippen molar-refractivity contribution in [2.45, 2.75) is 10.4 Å². The van der Waals surface area contributed by atoms with Gasteiger partial charge in [0.05, 0.1) is 23.9 Å². The van der Waals surface area contributed by atoms with E-state index < -0.39 is 26.1 Å². The average molecular weight is 442 g/mol. The zero-order valence-electron chi connectivity index (χ0n) is 14.7. The molecule has 11 heteroatoms. The molecule has 0 saturated carbocycles. The topological polar surface area (TPSA) is 85.4 Å². The van der Waals surface area contributed by atoms with Crippen LogP contribution in [0.2, 0.25) is 0 Å². The van der Waals surface area contributed by atoms with Crippen molar-refractivity contribution in [2.24, 2.45) is 0 Å². The Morgan fingerprint density at radius 2 is 1.83 bits per heavy atom. The molecule has 2 aromatic carbocycles. The summed E-state index contributed by atoms with van der Waals surface area (Å²) in [6, 6.07) is 11.6. The molecule has 0 aliphatic heterocycles. The number of benzene rings is 2. The van der Waals surface area contributed by atoms with E-state index in [-0.39, 0.29) is 16.3 Å². The molecule has 3 aromatic rings. The molecule has 152 valence electrons. The second-order valence-corrected chi connectivity index (χ2v) is 8.63. The molecule has 0 fully saturated rings. The third kappa shape index (κ3) is 4.25. The summed E-state index contributed by atoms with van der Waals surface area (Å²) in [4.78, 5) is 15.9. The minimum atomic E-state index is -5.57. The molecule has 0 atom stereocenters. The SMILES string of the molecule is COc1ccc(S(=O)(=O)C(F)(F)F)cc1NC(=O)c1cnc(-c2ccccc2)s1. The van der Waals surface area contributed by atoms with E-state index in [0.717, 1.165) is 29.0 Å². The van der Waals surface area contributed by atoms with E-state index in [1.165, 1.54) is 13.3 Å². The summed E-state index contributed by atoms with van der Waals surface area (Å²) in [5.74, 6) is -0.656. The molecule has 0 aliphatic rings. The number of halogens is 3. The van der Waals surface area contributed by atoms with Crippen LogP contribution in [0.3, 0.4) is 0 Å². The van der Waals surface area contributed by atoms with Gasteiger partial charge in [0.15, 0.2) is 0 Å². The van der Waals surface area contributed by atoms with Crippen LogP contribution in [0, 0.1) is 0 Å². The second-order valence-electron chi connectivity index (χ2n) is 5.66. The number of nitrogens with one attached hydrogen (secondary N) is 1. The van der Waals surface area contributed by atoms with E-state index in [4.69, 9.17) is 4.74 Å². The van der Waals surface area contributed by atoms with Crippen LogP contribution < -0.4 is 10.1 Å². The first-order valence-electron chi connectivity index (χ1n) is 7.95. The Bertz CT molecular complexity index is 1140. The molecule has 1 aromatic heterocycles. The molecule has 0 radical (unpaired) electrons. The van der Waals surface area contributed by atoms with Gasteiger partial charge in [0.2, 0.25) is 0 Å². The van der Waals surface area contributed by atoms with Gasteiger partial charge in [-0.05, 0) is 18.2 Å². The van der Waals surface area contributed by atoms with Crippen LogP contribution in [0.25, 0.3) is 10.6 Å². The number of hydrogen-bond donors (Lipinski definition) is 1. The van der Waals surface area contributed by atoms with Gasteiger partial charge in [0, 0.05) is 5.56 Å². The molecule has 0 bridgehead atoms. The lowest BCUT2D eigenvalue weighted by atomic mass is 10.2. The molecule has 0 aliphatic carbocycles. The van der Waals surface area contributed by atoms with Gasteiger partial charge in [-0.1, -0.05) is 30.3 Å². The number of ether oxygens (including phenoxy) is 1. The van der Waals surface area contributed by atoms with E-state index in [1.54, 1.807) is 0 Å². The second kappa shape index (κ2) is 7.84. The third-order valence-electron chi connectivity index (χ3n) is 3.78. The van der Waals surface area contributed by atoms with Gasteiger partial charge in [-0.25, -0.2) is 13.4 Å². The normalized spacial score (nSPS) is 11.9. The van der Waals surface area contributed by atoms with E-state index in [9.17, 15) is 26.4 Å². The summed E-state index contributed by atoms with van der Waals surface area (Å²) in [5, 5.41) is 2.96. The molecule has 6 nitrogen and oxygen atoms in total. The van der Waals surface area contributed by atoms with Crippen molar-refractivity contribution < 1.29 is 31.1 Å². The molecule has 0 spiro atoms. The number of carbonyl (C=O) groups excluding carboxylic acids is 1. The molecular weight excluding hydrogens is 429 g/mol. The maximum absolute atomic E-state index is 12.8. The fourth-order valence-electron chi connectivity index (χ4n) is 2.36. The highest BCUT2D eigenvalue weighted by molar-refractivity contribution is 7.92. The number of hydrogen-bond acceptors (Lipinski definition) is 6. The Hall–Kier alpha value is -2.92. The van der Waals surface area contributed by atoms with Crippen LogP contribution >= 0.6 is 11.3 Å². The molecule has 1 amide bonds. The number of methoxy groups -OCH3 is 1. The summed E-state index contributed by atoms with van der Waals surface area (Å²) in [7, 11) is -4.33. The van der Waals surface area contributed by atoms with Crippen molar-refractivity contribution in [3.63, 3.8) is 0 Å². The number of amides is 1. The number of thiazole rings is 1. The summed E-state index contributed by atoms with van der Waals surface area (Å²) in [5.41, 5.74) is -4.88. The highest BCUT2D eigenvalue weighted by atomic mass is 32.2. The smallest absolute Gasteiger partial charge is 0.495 e. The van der Waals surface area contributed by atoms with Gasteiger partial charge in [-0.3, -0.25) is 4.79 Å². The van der Waals surface area contributed by atoms with Gasteiger partial charge in [0.25, 0.3) is 15.7 Å². The monoisotopic (exact) mass is 442 g/mol. The van der Waals surface area contributed by atoms with Crippen molar-refractivity contribution in [1.82, 2.24) is 4.98 Å². The van der Waals surface area contributed by atoms with Crippen molar-refractivity contribution in [2.75, 3.05) is 12.4 Å². The lowest BCUT2D eigenvalue weighted by Gasteiger charge is -2.13. The Morgan fingerprint density at radius 3 is 2.45 bits per heavy atom. The Kier molecular flexibility index (Phi) is 5.62. The molecule has 29 heavy (non-hydrogen) atoms. The number of carbonyl (C=O) groups is 1. The first kappa shape index (κ1) is 20.8. The molecule has 0 saturated heterocycles. The van der Waals surface area contributed by atoms with Gasteiger partial charge < -0.3 is 10.1 Å². The Labute approximate surface area is 167 Å². The maximum atomic E-state index is 12.8. The zero-order chi connectivity index (χ0) is 21.2. The van der Waals surface area contributed by atoms with Crippen LogP contribution in [0.15, 0.2) is 59.6 Å². The van der Waals surface area contributed by atoms with Crippen molar-refractivity contribution in [3.05, 3.63) is 59.6 Å². The predicted octanol–water partition coefficient (Wildman–Crippen LogP) is 4.36. The molecule has 0 unspecified atom stereocenters. The van der Waals surface area contributed by atoms with Gasteiger partial charge in [-0.15, -0.1) is 11.3 Å². The number of rotatable bonds is 5. The quantitative estimate of drug-likeness (QED) is 0.635. The Balaban J connectivity index is 1.91.